The third-order valence-corrected chi connectivity index (χ3v) is 4.28. The van der Waals surface area contributed by atoms with Crippen LogP contribution >= 0.6 is 0 Å². The second-order valence-electron chi connectivity index (χ2n) is 7.49. The standard InChI is InChI=1S/C22H28N2O5/c1-14(28-17-10-8-16(9-11-17)22(2,3)4)21(25)29-24-20(23)15-7-12-18(26-5)19(13-15)27-6/h7-14H,1-6H3,(H2,23,24)/t14-/m1/s1. The first-order valence-electron chi connectivity index (χ1n) is 9.19. The van der Waals surface area contributed by atoms with Crippen molar-refractivity contribution >= 4 is 11.8 Å². The zero-order valence-corrected chi connectivity index (χ0v) is 17.7. The highest BCUT2D eigenvalue weighted by molar-refractivity contribution is 5.98. The molecule has 0 heterocycles. The second kappa shape index (κ2) is 9.32. The monoisotopic (exact) mass is 400 g/mol. The molecule has 2 aromatic carbocycles. The molecule has 0 saturated heterocycles. The molecular weight excluding hydrogens is 372 g/mol. The maximum Gasteiger partial charge on any atom is 0.374 e. The molecule has 0 aliphatic heterocycles. The summed E-state index contributed by atoms with van der Waals surface area (Å²) in [5.74, 6) is 0.985. The predicted molar refractivity (Wildman–Crippen MR) is 112 cm³/mol. The molecule has 7 nitrogen and oxygen atoms in total. The first kappa shape index (κ1) is 22.1. The second-order valence-corrected chi connectivity index (χ2v) is 7.49. The van der Waals surface area contributed by atoms with E-state index in [0.717, 1.165) is 0 Å². The van der Waals surface area contributed by atoms with E-state index in [1.807, 2.05) is 24.3 Å². The lowest BCUT2D eigenvalue weighted by atomic mass is 9.87. The molecule has 0 amide bonds. The Morgan fingerprint density at radius 1 is 1.00 bits per heavy atom. The van der Waals surface area contributed by atoms with E-state index in [9.17, 15) is 4.79 Å². The number of hydrogen-bond donors (Lipinski definition) is 1. The highest BCUT2D eigenvalue weighted by Crippen LogP contribution is 2.27. The average Bonchev–Trinajstić information content (AvgIpc) is 2.70. The Balaban J connectivity index is 2.00. The normalized spacial score (nSPS) is 12.8. The van der Waals surface area contributed by atoms with E-state index in [0.29, 0.717) is 22.8 Å². The first-order chi connectivity index (χ1) is 13.7. The zero-order valence-electron chi connectivity index (χ0n) is 17.7. The number of nitrogens with zero attached hydrogens (tertiary/aromatic N) is 1. The van der Waals surface area contributed by atoms with Crippen molar-refractivity contribution in [1.82, 2.24) is 0 Å². The number of carbonyl (C=O) groups is 1. The summed E-state index contributed by atoms with van der Waals surface area (Å²) < 4.78 is 16.0. The molecule has 0 radical (unpaired) electrons. The zero-order chi connectivity index (χ0) is 21.6. The van der Waals surface area contributed by atoms with Crippen molar-refractivity contribution in [1.29, 1.82) is 0 Å². The lowest BCUT2D eigenvalue weighted by Gasteiger charge is -2.19. The summed E-state index contributed by atoms with van der Waals surface area (Å²) in [7, 11) is 3.05. The van der Waals surface area contributed by atoms with Crippen LogP contribution in [0.3, 0.4) is 0 Å². The van der Waals surface area contributed by atoms with E-state index in [4.69, 9.17) is 24.8 Å². The summed E-state index contributed by atoms with van der Waals surface area (Å²) in [6.07, 6.45) is -0.850. The molecule has 2 rings (SSSR count). The first-order valence-corrected chi connectivity index (χ1v) is 9.19. The molecule has 29 heavy (non-hydrogen) atoms. The van der Waals surface area contributed by atoms with Crippen molar-refractivity contribution in [2.24, 2.45) is 10.9 Å². The predicted octanol–water partition coefficient (Wildman–Crippen LogP) is 3.63. The molecule has 7 heteroatoms. The van der Waals surface area contributed by atoms with Gasteiger partial charge in [0.05, 0.1) is 14.2 Å². The van der Waals surface area contributed by atoms with Crippen LogP contribution in [0.5, 0.6) is 17.2 Å². The van der Waals surface area contributed by atoms with Crippen LogP contribution < -0.4 is 19.9 Å². The van der Waals surface area contributed by atoms with Gasteiger partial charge in [0.25, 0.3) is 0 Å². The van der Waals surface area contributed by atoms with Crippen LogP contribution in [-0.4, -0.2) is 32.1 Å². The number of oxime groups is 1. The van der Waals surface area contributed by atoms with Gasteiger partial charge < -0.3 is 24.8 Å². The highest BCUT2D eigenvalue weighted by atomic mass is 16.7. The minimum absolute atomic E-state index is 0.0287. The summed E-state index contributed by atoms with van der Waals surface area (Å²) in [5.41, 5.74) is 7.65. The van der Waals surface area contributed by atoms with Crippen molar-refractivity contribution < 1.29 is 23.8 Å². The Labute approximate surface area is 171 Å². The Bertz CT molecular complexity index is 870. The SMILES string of the molecule is COc1ccc(/C(N)=N\OC(=O)[C@@H](C)Oc2ccc(C(C)(C)C)cc2)cc1OC. The van der Waals surface area contributed by atoms with Gasteiger partial charge >= 0.3 is 5.97 Å². The smallest absolute Gasteiger partial charge is 0.374 e. The van der Waals surface area contributed by atoms with Crippen LogP contribution in [-0.2, 0) is 15.0 Å². The van der Waals surface area contributed by atoms with Crippen LogP contribution in [0.1, 0.15) is 38.8 Å². The van der Waals surface area contributed by atoms with Crippen LogP contribution in [0.4, 0.5) is 0 Å². The summed E-state index contributed by atoms with van der Waals surface area (Å²) in [4.78, 5) is 17.1. The molecule has 0 aromatic heterocycles. The van der Waals surface area contributed by atoms with Crippen LogP contribution in [0.2, 0.25) is 0 Å². The van der Waals surface area contributed by atoms with E-state index in [2.05, 4.69) is 25.9 Å². The van der Waals surface area contributed by atoms with Crippen molar-refractivity contribution in [2.75, 3.05) is 14.2 Å². The summed E-state index contributed by atoms with van der Waals surface area (Å²) in [6, 6.07) is 12.6. The van der Waals surface area contributed by atoms with E-state index in [1.165, 1.54) is 19.8 Å². The molecule has 1 atom stereocenters. The van der Waals surface area contributed by atoms with E-state index < -0.39 is 12.1 Å². The molecule has 0 unspecified atom stereocenters. The van der Waals surface area contributed by atoms with Crippen molar-refractivity contribution in [2.45, 2.75) is 39.2 Å². The number of carbonyl (C=O) groups excluding carboxylic acids is 1. The van der Waals surface area contributed by atoms with Gasteiger partial charge in [0, 0.05) is 5.56 Å². The molecule has 2 aromatic rings. The van der Waals surface area contributed by atoms with Crippen LogP contribution in [0, 0.1) is 0 Å². The van der Waals surface area contributed by atoms with Crippen LogP contribution in [0.25, 0.3) is 0 Å². The Kier molecular flexibility index (Phi) is 7.09. The van der Waals surface area contributed by atoms with Gasteiger partial charge in [-0.2, -0.15) is 0 Å². The molecule has 0 spiro atoms. The van der Waals surface area contributed by atoms with Crippen molar-refractivity contribution in [3.8, 4) is 17.2 Å². The number of hydrogen-bond acceptors (Lipinski definition) is 6. The molecule has 2 N–H and O–H groups in total. The number of nitrogens with two attached hydrogens (primary N) is 1. The fourth-order valence-electron chi connectivity index (χ4n) is 2.50. The Morgan fingerprint density at radius 2 is 1.62 bits per heavy atom. The summed E-state index contributed by atoms with van der Waals surface area (Å²) >= 11 is 0. The van der Waals surface area contributed by atoms with Gasteiger partial charge in [-0.3, -0.25) is 0 Å². The topological polar surface area (TPSA) is 92.4 Å². The Hall–Kier alpha value is -3.22. The van der Waals surface area contributed by atoms with Crippen molar-refractivity contribution in [3.63, 3.8) is 0 Å². The van der Waals surface area contributed by atoms with Gasteiger partial charge in [-0.15, -0.1) is 0 Å². The van der Waals surface area contributed by atoms with Crippen molar-refractivity contribution in [3.05, 3.63) is 53.6 Å². The molecule has 0 aliphatic rings. The van der Waals surface area contributed by atoms with E-state index >= 15 is 0 Å². The maximum atomic E-state index is 12.2. The summed E-state index contributed by atoms with van der Waals surface area (Å²) in [5, 5.41) is 3.70. The van der Waals surface area contributed by atoms with Gasteiger partial charge in [-0.25, -0.2) is 4.79 Å². The third-order valence-electron chi connectivity index (χ3n) is 4.28. The highest BCUT2D eigenvalue weighted by Gasteiger charge is 2.19. The Morgan fingerprint density at radius 3 is 2.17 bits per heavy atom. The number of rotatable bonds is 7. The minimum atomic E-state index is -0.850. The number of amidine groups is 1. The lowest BCUT2D eigenvalue weighted by Crippen LogP contribution is -2.26. The molecule has 0 saturated carbocycles. The molecule has 0 aliphatic carbocycles. The molecule has 156 valence electrons. The van der Waals surface area contributed by atoms with Gasteiger partial charge in [0.1, 0.15) is 5.75 Å². The number of methoxy groups -OCH3 is 2. The molecular formula is C22H28N2O5. The fraction of sp³-hybridized carbons (Fsp3) is 0.364. The number of ether oxygens (including phenoxy) is 3. The third kappa shape index (κ3) is 5.88. The average molecular weight is 400 g/mol. The van der Waals surface area contributed by atoms with Gasteiger partial charge in [0.2, 0.25) is 0 Å². The van der Waals surface area contributed by atoms with E-state index in [1.54, 1.807) is 25.1 Å². The molecule has 0 fully saturated rings. The van der Waals surface area contributed by atoms with Gasteiger partial charge in [-0.05, 0) is 48.2 Å². The lowest BCUT2D eigenvalue weighted by molar-refractivity contribution is -0.151. The van der Waals surface area contributed by atoms with Crippen LogP contribution in [0.15, 0.2) is 47.6 Å². The quantitative estimate of drug-likeness (QED) is 0.330. The number of benzene rings is 2. The maximum absolute atomic E-state index is 12.2. The van der Waals surface area contributed by atoms with E-state index in [-0.39, 0.29) is 11.3 Å². The summed E-state index contributed by atoms with van der Waals surface area (Å²) in [6.45, 7) is 7.97. The van der Waals surface area contributed by atoms with Gasteiger partial charge in [0.15, 0.2) is 23.4 Å². The minimum Gasteiger partial charge on any atom is -0.493 e. The molecule has 0 bridgehead atoms. The fourth-order valence-corrected chi connectivity index (χ4v) is 2.50. The largest absolute Gasteiger partial charge is 0.493 e. The van der Waals surface area contributed by atoms with Gasteiger partial charge in [-0.1, -0.05) is 38.1 Å².